The van der Waals surface area contributed by atoms with Gasteiger partial charge in [0.1, 0.15) is 11.3 Å². The molecule has 2 rings (SSSR count). The van der Waals surface area contributed by atoms with E-state index in [0.717, 1.165) is 35.5 Å². The van der Waals surface area contributed by atoms with E-state index in [9.17, 15) is 0 Å². The second-order valence-electron chi connectivity index (χ2n) is 6.04. The van der Waals surface area contributed by atoms with Crippen LogP contribution in [0.15, 0.2) is 0 Å². The van der Waals surface area contributed by atoms with Gasteiger partial charge < -0.3 is 4.74 Å². The maximum absolute atomic E-state index is 6.29. The molecule has 1 aliphatic rings. The monoisotopic (exact) mass is 409 g/mol. The van der Waals surface area contributed by atoms with Crippen molar-refractivity contribution in [3.63, 3.8) is 0 Å². The molecule has 0 aliphatic carbocycles. The number of likely N-dealkylation sites (N-methyl/N-ethyl adjacent to an activating group) is 1. The van der Waals surface area contributed by atoms with E-state index >= 15 is 0 Å². The Hall–Kier alpha value is 0.0200. The number of rotatable bonds is 2. The molecule has 0 aromatic carbocycles. The van der Waals surface area contributed by atoms with Crippen LogP contribution in [0.25, 0.3) is 0 Å². The Kier molecular flexibility index (Phi) is 5.26. The van der Waals surface area contributed by atoms with Gasteiger partial charge in [-0.1, -0.05) is 39.3 Å². The highest BCUT2D eigenvalue weighted by atomic mass is 127. The minimum atomic E-state index is -0.0840. The molecule has 20 heavy (non-hydrogen) atoms. The lowest BCUT2D eigenvalue weighted by Gasteiger charge is -2.32. The quantitative estimate of drug-likeness (QED) is 0.554. The predicted octanol–water partition coefficient (Wildman–Crippen LogP) is 3.43. The van der Waals surface area contributed by atoms with Crippen LogP contribution in [0, 0.1) is 3.57 Å². The lowest BCUT2D eigenvalue weighted by Crippen LogP contribution is -2.39. The molecule has 4 nitrogen and oxygen atoms in total. The van der Waals surface area contributed by atoms with Gasteiger partial charge in [-0.15, -0.1) is 0 Å². The minimum Gasteiger partial charge on any atom is -0.368 e. The number of hydrogen-bond donors (Lipinski definition) is 0. The summed E-state index contributed by atoms with van der Waals surface area (Å²) in [4.78, 5) is 11.5. The summed E-state index contributed by atoms with van der Waals surface area (Å²) >= 11 is 8.51. The second kappa shape index (κ2) is 6.42. The van der Waals surface area contributed by atoms with Crippen molar-refractivity contribution in [3.05, 3.63) is 20.2 Å². The third-order valence-corrected chi connectivity index (χ3v) is 5.04. The number of ether oxygens (including phenoxy) is 1. The van der Waals surface area contributed by atoms with E-state index in [2.05, 4.69) is 60.2 Å². The van der Waals surface area contributed by atoms with Gasteiger partial charge in [0.15, 0.2) is 5.82 Å². The van der Waals surface area contributed by atoms with Crippen molar-refractivity contribution < 1.29 is 4.74 Å². The molecular weight excluding hydrogens is 389 g/mol. The molecule has 1 fully saturated rings. The van der Waals surface area contributed by atoms with Crippen molar-refractivity contribution in [2.45, 2.75) is 39.2 Å². The van der Waals surface area contributed by atoms with Gasteiger partial charge in [0.25, 0.3) is 0 Å². The zero-order chi connectivity index (χ0) is 14.9. The van der Waals surface area contributed by atoms with E-state index in [4.69, 9.17) is 21.3 Å². The molecule has 112 valence electrons. The molecule has 1 aliphatic heterocycles. The molecule has 1 unspecified atom stereocenters. The van der Waals surface area contributed by atoms with E-state index in [1.165, 1.54) is 0 Å². The van der Waals surface area contributed by atoms with E-state index < -0.39 is 0 Å². The molecular formula is C14H21ClIN3O. The van der Waals surface area contributed by atoms with Gasteiger partial charge in [0, 0.05) is 18.5 Å². The van der Waals surface area contributed by atoms with Crippen LogP contribution in [-0.4, -0.2) is 41.1 Å². The smallest absolute Gasteiger partial charge is 0.160 e. The summed E-state index contributed by atoms with van der Waals surface area (Å²) in [5, 5.41) is 0.526. The Morgan fingerprint density at radius 2 is 2.10 bits per heavy atom. The maximum atomic E-state index is 6.29. The largest absolute Gasteiger partial charge is 0.368 e. The second-order valence-corrected chi connectivity index (χ2v) is 7.47. The number of aromatic nitrogens is 2. The van der Waals surface area contributed by atoms with Crippen molar-refractivity contribution in [2.75, 3.05) is 26.2 Å². The average molecular weight is 410 g/mol. The highest BCUT2D eigenvalue weighted by Gasteiger charge is 2.28. The summed E-state index contributed by atoms with van der Waals surface area (Å²) in [6, 6.07) is 0. The van der Waals surface area contributed by atoms with Crippen LogP contribution in [-0.2, 0) is 10.2 Å². The zero-order valence-corrected chi connectivity index (χ0v) is 15.3. The predicted molar refractivity (Wildman–Crippen MR) is 89.3 cm³/mol. The summed E-state index contributed by atoms with van der Waals surface area (Å²) in [5.41, 5.74) is 0.932. The standard InChI is InChI=1S/C14H21ClIN3O/c1-5-19-6-7-20-9(8-19)13-17-11(14(2,3)4)10(16)12(15)18-13/h9H,5-8H2,1-4H3. The Balaban J connectivity index is 2.35. The maximum Gasteiger partial charge on any atom is 0.160 e. The van der Waals surface area contributed by atoms with Gasteiger partial charge in [-0.3, -0.25) is 4.90 Å². The number of hydrogen-bond acceptors (Lipinski definition) is 4. The van der Waals surface area contributed by atoms with Crippen molar-refractivity contribution >= 4 is 34.2 Å². The molecule has 6 heteroatoms. The Morgan fingerprint density at radius 1 is 1.40 bits per heavy atom. The molecule has 2 heterocycles. The lowest BCUT2D eigenvalue weighted by atomic mass is 9.92. The van der Waals surface area contributed by atoms with Crippen LogP contribution in [0.3, 0.4) is 0 Å². The third-order valence-electron chi connectivity index (χ3n) is 3.42. The first kappa shape index (κ1) is 16.4. The fraction of sp³-hybridized carbons (Fsp3) is 0.714. The summed E-state index contributed by atoms with van der Waals surface area (Å²) in [6.45, 7) is 12.1. The molecule has 1 saturated heterocycles. The Labute approximate surface area is 139 Å². The highest BCUT2D eigenvalue weighted by molar-refractivity contribution is 14.1. The Morgan fingerprint density at radius 3 is 2.70 bits per heavy atom. The molecule has 1 aromatic rings. The van der Waals surface area contributed by atoms with E-state index in [-0.39, 0.29) is 11.5 Å². The van der Waals surface area contributed by atoms with Crippen molar-refractivity contribution in [3.8, 4) is 0 Å². The van der Waals surface area contributed by atoms with Gasteiger partial charge in [0.2, 0.25) is 0 Å². The van der Waals surface area contributed by atoms with Gasteiger partial charge >= 0.3 is 0 Å². The number of nitrogens with zero attached hydrogens (tertiary/aromatic N) is 3. The first-order valence-electron chi connectivity index (χ1n) is 6.90. The van der Waals surface area contributed by atoms with Crippen LogP contribution in [0.2, 0.25) is 5.15 Å². The lowest BCUT2D eigenvalue weighted by molar-refractivity contribution is -0.0327. The van der Waals surface area contributed by atoms with Crippen LogP contribution in [0.5, 0.6) is 0 Å². The van der Waals surface area contributed by atoms with Crippen LogP contribution >= 0.6 is 34.2 Å². The molecule has 0 saturated carbocycles. The van der Waals surface area contributed by atoms with Crippen LogP contribution < -0.4 is 0 Å². The normalized spacial score (nSPS) is 21.2. The summed E-state index contributed by atoms with van der Waals surface area (Å²) in [6.07, 6.45) is -0.0840. The molecule has 0 amide bonds. The van der Waals surface area contributed by atoms with Gasteiger partial charge in [-0.2, -0.15) is 0 Å². The summed E-state index contributed by atoms with van der Waals surface area (Å²) < 4.78 is 6.76. The van der Waals surface area contributed by atoms with Crippen molar-refractivity contribution in [1.29, 1.82) is 0 Å². The van der Waals surface area contributed by atoms with Crippen LogP contribution in [0.4, 0.5) is 0 Å². The van der Waals surface area contributed by atoms with Crippen molar-refractivity contribution in [1.82, 2.24) is 14.9 Å². The first-order valence-corrected chi connectivity index (χ1v) is 8.36. The topological polar surface area (TPSA) is 38.2 Å². The third kappa shape index (κ3) is 3.61. The van der Waals surface area contributed by atoms with Crippen molar-refractivity contribution in [2.24, 2.45) is 0 Å². The van der Waals surface area contributed by atoms with Gasteiger partial charge in [0.05, 0.1) is 15.9 Å². The number of morpholine rings is 1. The molecule has 0 radical (unpaired) electrons. The zero-order valence-electron chi connectivity index (χ0n) is 12.4. The number of halogens is 2. The van der Waals surface area contributed by atoms with Gasteiger partial charge in [-0.05, 0) is 29.1 Å². The summed E-state index contributed by atoms with van der Waals surface area (Å²) in [7, 11) is 0. The molecule has 0 spiro atoms. The van der Waals surface area contributed by atoms with E-state index in [0.29, 0.717) is 11.0 Å². The summed E-state index contributed by atoms with van der Waals surface area (Å²) in [5.74, 6) is 0.707. The Bertz CT molecular complexity index is 490. The molecule has 1 atom stereocenters. The fourth-order valence-corrected chi connectivity index (χ4v) is 3.45. The van der Waals surface area contributed by atoms with E-state index in [1.807, 2.05) is 0 Å². The minimum absolute atomic E-state index is 0.0586. The van der Waals surface area contributed by atoms with Gasteiger partial charge in [-0.25, -0.2) is 9.97 Å². The van der Waals surface area contributed by atoms with Crippen LogP contribution in [0.1, 0.15) is 45.3 Å². The first-order chi connectivity index (χ1) is 9.32. The molecule has 0 N–H and O–H groups in total. The molecule has 1 aromatic heterocycles. The van der Waals surface area contributed by atoms with E-state index in [1.54, 1.807) is 0 Å². The highest BCUT2D eigenvalue weighted by Crippen LogP contribution is 2.31. The molecule has 0 bridgehead atoms. The SMILES string of the molecule is CCN1CCOC(c2nc(Cl)c(I)c(C(C)(C)C)n2)C1. The average Bonchev–Trinajstić information content (AvgIpc) is 2.40. The fourth-order valence-electron chi connectivity index (χ4n) is 2.22.